The molecule has 1 fully saturated rings. The molecule has 1 saturated carbocycles. The molecule has 0 aliphatic heterocycles. The number of nitrogens with one attached hydrogen (secondary N) is 2. The van der Waals surface area contributed by atoms with E-state index in [0.29, 0.717) is 11.4 Å². The number of hydrogen-bond donors (Lipinski definition) is 2. The molecule has 0 spiro atoms. The Labute approximate surface area is 175 Å². The quantitative estimate of drug-likeness (QED) is 0.630. The van der Waals surface area contributed by atoms with E-state index in [-0.39, 0.29) is 23.2 Å². The molecule has 0 bridgehead atoms. The summed E-state index contributed by atoms with van der Waals surface area (Å²) in [6.45, 7) is -1.41. The number of amides is 2. The molecule has 31 heavy (non-hydrogen) atoms. The van der Waals surface area contributed by atoms with Gasteiger partial charge in [-0.2, -0.15) is 13.2 Å². The minimum atomic E-state index is -4.49. The molecular formula is C21H18F3N5O2. The van der Waals surface area contributed by atoms with E-state index in [1.54, 1.807) is 0 Å². The summed E-state index contributed by atoms with van der Waals surface area (Å²) in [5, 5.41) is 12.9. The molecule has 1 aliphatic rings. The van der Waals surface area contributed by atoms with Crippen molar-refractivity contribution < 1.29 is 22.8 Å². The Morgan fingerprint density at radius 3 is 2.29 bits per heavy atom. The normalized spacial score (nSPS) is 13.6. The van der Waals surface area contributed by atoms with E-state index in [4.69, 9.17) is 0 Å². The molecule has 3 aromatic rings. The predicted molar refractivity (Wildman–Crippen MR) is 106 cm³/mol. The smallest absolute Gasteiger partial charge is 0.348 e. The van der Waals surface area contributed by atoms with E-state index < -0.39 is 18.6 Å². The first-order valence-corrected chi connectivity index (χ1v) is 9.59. The highest BCUT2D eigenvalue weighted by Crippen LogP contribution is 2.27. The van der Waals surface area contributed by atoms with Crippen molar-refractivity contribution in [1.29, 1.82) is 0 Å². The zero-order chi connectivity index (χ0) is 22.0. The lowest BCUT2D eigenvalue weighted by molar-refractivity contribution is -0.123. The molecule has 0 unspecified atom stereocenters. The molecule has 0 radical (unpaired) electrons. The van der Waals surface area contributed by atoms with E-state index in [2.05, 4.69) is 15.6 Å². The first kappa shape index (κ1) is 20.6. The van der Waals surface area contributed by atoms with Crippen molar-refractivity contribution in [2.24, 2.45) is 0 Å². The Kier molecular flexibility index (Phi) is 5.45. The first-order chi connectivity index (χ1) is 14.8. The van der Waals surface area contributed by atoms with Gasteiger partial charge in [0.15, 0.2) is 5.69 Å². The predicted octanol–water partition coefficient (Wildman–Crippen LogP) is 3.12. The highest BCUT2D eigenvalue weighted by Gasteiger charge is 2.29. The Bertz CT molecular complexity index is 1090. The fraction of sp³-hybridized carbons (Fsp3) is 0.238. The average Bonchev–Trinajstić information content (AvgIpc) is 3.46. The maximum atomic E-state index is 12.7. The van der Waals surface area contributed by atoms with Crippen LogP contribution in [0.2, 0.25) is 0 Å². The van der Waals surface area contributed by atoms with Crippen LogP contribution in [0.3, 0.4) is 0 Å². The summed E-state index contributed by atoms with van der Waals surface area (Å²) in [7, 11) is 0. The van der Waals surface area contributed by atoms with Crippen LogP contribution in [-0.2, 0) is 0 Å². The Balaban J connectivity index is 1.64. The van der Waals surface area contributed by atoms with Gasteiger partial charge in [-0.3, -0.25) is 9.59 Å². The van der Waals surface area contributed by atoms with Gasteiger partial charge in [-0.05, 0) is 37.1 Å². The zero-order valence-corrected chi connectivity index (χ0v) is 16.2. The van der Waals surface area contributed by atoms with Crippen LogP contribution in [0.15, 0.2) is 54.6 Å². The van der Waals surface area contributed by atoms with Gasteiger partial charge in [0.1, 0.15) is 12.2 Å². The summed E-state index contributed by atoms with van der Waals surface area (Å²) >= 11 is 0. The second-order valence-corrected chi connectivity index (χ2v) is 7.16. The van der Waals surface area contributed by atoms with Crippen molar-refractivity contribution in [3.8, 4) is 16.9 Å². The number of carbonyl (C=O) groups excluding carboxylic acids is 2. The van der Waals surface area contributed by atoms with Crippen molar-refractivity contribution in [3.05, 3.63) is 65.9 Å². The third-order valence-electron chi connectivity index (χ3n) is 4.67. The second-order valence-electron chi connectivity index (χ2n) is 7.16. The summed E-state index contributed by atoms with van der Waals surface area (Å²) < 4.78 is 38.4. The van der Waals surface area contributed by atoms with E-state index in [0.717, 1.165) is 18.4 Å². The Morgan fingerprint density at radius 2 is 1.68 bits per heavy atom. The molecule has 1 aliphatic carbocycles. The van der Waals surface area contributed by atoms with Crippen molar-refractivity contribution in [2.75, 3.05) is 6.54 Å². The fourth-order valence-corrected chi connectivity index (χ4v) is 2.99. The number of hydrogen-bond acceptors (Lipinski definition) is 4. The number of alkyl halides is 3. The van der Waals surface area contributed by atoms with E-state index in [1.165, 1.54) is 28.9 Å². The van der Waals surface area contributed by atoms with Crippen LogP contribution in [0.1, 0.15) is 33.7 Å². The maximum Gasteiger partial charge on any atom is 0.405 e. The molecule has 2 aromatic carbocycles. The van der Waals surface area contributed by atoms with Gasteiger partial charge in [-0.25, -0.2) is 4.68 Å². The molecule has 7 nitrogen and oxygen atoms in total. The summed E-state index contributed by atoms with van der Waals surface area (Å²) in [6, 6.07) is 15.1. The van der Waals surface area contributed by atoms with Gasteiger partial charge in [0.2, 0.25) is 0 Å². The number of benzene rings is 2. The average molecular weight is 429 g/mol. The van der Waals surface area contributed by atoms with Gasteiger partial charge in [-0.15, -0.1) is 5.10 Å². The van der Waals surface area contributed by atoms with Crippen LogP contribution in [-0.4, -0.2) is 45.6 Å². The molecule has 0 atom stereocenters. The second kappa shape index (κ2) is 8.21. The number of aromatic nitrogens is 3. The number of rotatable bonds is 6. The molecule has 2 N–H and O–H groups in total. The Hall–Kier alpha value is -3.69. The van der Waals surface area contributed by atoms with Crippen LogP contribution in [0.4, 0.5) is 13.2 Å². The number of halogens is 3. The summed E-state index contributed by atoms with van der Waals surface area (Å²) in [4.78, 5) is 24.6. The minimum absolute atomic E-state index is 0.0704. The third kappa shape index (κ3) is 4.90. The zero-order valence-electron chi connectivity index (χ0n) is 16.2. The van der Waals surface area contributed by atoms with E-state index in [1.807, 2.05) is 35.6 Å². The van der Waals surface area contributed by atoms with Gasteiger partial charge in [0.05, 0.1) is 5.69 Å². The summed E-state index contributed by atoms with van der Waals surface area (Å²) in [5.74, 6) is -1.16. The van der Waals surface area contributed by atoms with Crippen molar-refractivity contribution in [3.63, 3.8) is 0 Å². The number of nitrogens with zero attached hydrogens (tertiary/aromatic N) is 3. The number of carbonyl (C=O) groups is 2. The molecule has 1 aromatic heterocycles. The summed E-state index contributed by atoms with van der Waals surface area (Å²) in [5.41, 5.74) is 1.95. The van der Waals surface area contributed by atoms with E-state index in [9.17, 15) is 22.8 Å². The van der Waals surface area contributed by atoms with Crippen LogP contribution in [0.25, 0.3) is 16.9 Å². The fourth-order valence-electron chi connectivity index (χ4n) is 2.99. The lowest BCUT2D eigenvalue weighted by Gasteiger charge is -2.10. The monoisotopic (exact) mass is 429 g/mol. The van der Waals surface area contributed by atoms with Gasteiger partial charge < -0.3 is 10.6 Å². The lowest BCUT2D eigenvalue weighted by Crippen LogP contribution is -2.33. The molecule has 10 heteroatoms. The van der Waals surface area contributed by atoms with Crippen molar-refractivity contribution >= 4 is 11.8 Å². The molecule has 0 saturated heterocycles. The lowest BCUT2D eigenvalue weighted by atomic mass is 10.1. The van der Waals surface area contributed by atoms with Gasteiger partial charge in [0.25, 0.3) is 11.8 Å². The SMILES string of the molecule is O=C(NCC(F)(F)F)c1ccc(-n2nnc(C(=O)NC3CC3)c2-c2ccccc2)cc1. The first-order valence-electron chi connectivity index (χ1n) is 9.59. The van der Waals surface area contributed by atoms with Crippen molar-refractivity contribution in [1.82, 2.24) is 25.6 Å². The highest BCUT2D eigenvalue weighted by atomic mass is 19.4. The largest absolute Gasteiger partial charge is 0.405 e. The Morgan fingerprint density at radius 1 is 1.00 bits per heavy atom. The highest BCUT2D eigenvalue weighted by molar-refractivity contribution is 5.98. The standard InChI is InChI=1S/C21H18F3N5O2/c22-21(23,24)12-25-19(30)14-6-10-16(11-7-14)29-18(13-4-2-1-3-5-13)17(27-28-29)20(31)26-15-8-9-15/h1-7,10-11,15H,8-9,12H2,(H,25,30)(H,26,31). The molecule has 4 rings (SSSR count). The maximum absolute atomic E-state index is 12.7. The van der Waals surface area contributed by atoms with Crippen LogP contribution in [0.5, 0.6) is 0 Å². The van der Waals surface area contributed by atoms with Crippen molar-refractivity contribution in [2.45, 2.75) is 25.1 Å². The topological polar surface area (TPSA) is 88.9 Å². The van der Waals surface area contributed by atoms with Gasteiger partial charge >= 0.3 is 6.18 Å². The van der Waals surface area contributed by atoms with Gasteiger partial charge in [0, 0.05) is 17.2 Å². The minimum Gasteiger partial charge on any atom is -0.348 e. The van der Waals surface area contributed by atoms with E-state index >= 15 is 0 Å². The van der Waals surface area contributed by atoms with Crippen LogP contribution < -0.4 is 10.6 Å². The molecule has 2 amide bonds. The molecule has 160 valence electrons. The van der Waals surface area contributed by atoms with Crippen LogP contribution in [0, 0.1) is 0 Å². The van der Waals surface area contributed by atoms with Gasteiger partial charge in [-0.1, -0.05) is 35.5 Å². The molecule has 1 heterocycles. The van der Waals surface area contributed by atoms with Crippen LogP contribution >= 0.6 is 0 Å². The molecular weight excluding hydrogens is 411 g/mol. The summed E-state index contributed by atoms with van der Waals surface area (Å²) in [6.07, 6.45) is -2.63. The third-order valence-corrected chi connectivity index (χ3v) is 4.67.